The molecule has 0 aliphatic rings. The lowest BCUT2D eigenvalue weighted by atomic mass is 10.1. The van der Waals surface area contributed by atoms with Crippen molar-refractivity contribution in [3.63, 3.8) is 0 Å². The number of carbonyl (C=O) groups is 1. The zero-order valence-corrected chi connectivity index (χ0v) is 15.2. The quantitative estimate of drug-likeness (QED) is 0.541. The number of carbonyl (C=O) groups excluding carboxylic acids is 1. The summed E-state index contributed by atoms with van der Waals surface area (Å²) >= 11 is 0. The smallest absolute Gasteiger partial charge is 0.251 e. The van der Waals surface area contributed by atoms with Crippen molar-refractivity contribution in [1.82, 2.24) is 29.9 Å². The van der Waals surface area contributed by atoms with Gasteiger partial charge in [-0.2, -0.15) is 15.0 Å². The maximum absolute atomic E-state index is 12.8. The molecule has 0 fully saturated rings. The summed E-state index contributed by atoms with van der Waals surface area (Å²) in [5.41, 5.74) is 2.73. The average Bonchev–Trinajstić information content (AvgIpc) is 3.43. The first kappa shape index (κ1) is 17.7. The van der Waals surface area contributed by atoms with Gasteiger partial charge >= 0.3 is 0 Å². The van der Waals surface area contributed by atoms with Crippen molar-refractivity contribution in [3.8, 4) is 0 Å². The molecule has 28 heavy (non-hydrogen) atoms. The normalized spacial score (nSPS) is 11.9. The molecule has 1 atom stereocenters. The summed E-state index contributed by atoms with van der Waals surface area (Å²) in [6, 6.07) is 17.2. The summed E-state index contributed by atoms with van der Waals surface area (Å²) < 4.78 is 1.98. The molecule has 0 radical (unpaired) electrons. The number of imidazole rings is 1. The molecule has 0 spiro atoms. The summed E-state index contributed by atoms with van der Waals surface area (Å²) in [5.74, 6) is -0.129. The Morgan fingerprint density at radius 3 is 2.39 bits per heavy atom. The van der Waals surface area contributed by atoms with Gasteiger partial charge < -0.3 is 9.88 Å². The molecule has 0 unspecified atom stereocenters. The predicted octanol–water partition coefficient (Wildman–Crippen LogP) is 2.69. The highest BCUT2D eigenvalue weighted by Gasteiger charge is 2.17. The maximum atomic E-state index is 12.8. The Balaban J connectivity index is 1.47. The Labute approximate surface area is 162 Å². The van der Waals surface area contributed by atoms with Crippen LogP contribution in [0.5, 0.6) is 0 Å². The third kappa shape index (κ3) is 4.32. The highest BCUT2D eigenvalue weighted by atomic mass is 16.1. The van der Waals surface area contributed by atoms with E-state index in [0.717, 1.165) is 17.7 Å². The highest BCUT2D eigenvalue weighted by Crippen LogP contribution is 2.16. The molecule has 0 aliphatic carbocycles. The van der Waals surface area contributed by atoms with Crippen molar-refractivity contribution in [2.45, 2.75) is 19.1 Å². The fourth-order valence-electron chi connectivity index (χ4n) is 3.01. The monoisotopic (exact) mass is 372 g/mol. The Bertz CT molecular complexity index is 995. The zero-order valence-electron chi connectivity index (χ0n) is 15.2. The van der Waals surface area contributed by atoms with E-state index in [2.05, 4.69) is 20.5 Å². The average molecular weight is 372 g/mol. The maximum Gasteiger partial charge on any atom is 0.251 e. The van der Waals surface area contributed by atoms with Crippen LogP contribution in [0.3, 0.4) is 0 Å². The van der Waals surface area contributed by atoms with Crippen LogP contribution < -0.4 is 5.32 Å². The SMILES string of the molecule is O=C(N[C@H](Cn1nccn1)c1ccccc1)c1ccc(Cn2ccnc2)cc1. The lowest BCUT2D eigenvalue weighted by Gasteiger charge is -2.19. The molecule has 0 bridgehead atoms. The topological polar surface area (TPSA) is 77.6 Å². The number of nitrogens with one attached hydrogen (secondary N) is 1. The van der Waals surface area contributed by atoms with Gasteiger partial charge in [-0.3, -0.25) is 4.79 Å². The molecular formula is C21H20N6O. The molecule has 0 saturated heterocycles. The van der Waals surface area contributed by atoms with Gasteiger partial charge in [0.1, 0.15) is 0 Å². The summed E-state index contributed by atoms with van der Waals surface area (Å²) in [4.78, 5) is 18.4. The zero-order chi connectivity index (χ0) is 19.2. The minimum atomic E-state index is -0.230. The van der Waals surface area contributed by atoms with E-state index in [9.17, 15) is 4.79 Å². The van der Waals surface area contributed by atoms with Gasteiger partial charge in [0.05, 0.1) is 31.3 Å². The van der Waals surface area contributed by atoms with E-state index in [1.54, 1.807) is 29.7 Å². The van der Waals surface area contributed by atoms with E-state index < -0.39 is 0 Å². The van der Waals surface area contributed by atoms with E-state index >= 15 is 0 Å². The van der Waals surface area contributed by atoms with Crippen LogP contribution in [-0.4, -0.2) is 30.5 Å². The molecule has 1 amide bonds. The number of nitrogens with zero attached hydrogens (tertiary/aromatic N) is 5. The summed E-state index contributed by atoms with van der Waals surface area (Å²) in [6.45, 7) is 1.18. The number of hydrogen-bond donors (Lipinski definition) is 1. The van der Waals surface area contributed by atoms with E-state index in [4.69, 9.17) is 0 Å². The van der Waals surface area contributed by atoms with Crippen LogP contribution >= 0.6 is 0 Å². The van der Waals surface area contributed by atoms with Crippen molar-refractivity contribution in [3.05, 3.63) is 102 Å². The second-order valence-corrected chi connectivity index (χ2v) is 6.45. The van der Waals surface area contributed by atoms with Gasteiger partial charge in [0.15, 0.2) is 0 Å². The molecule has 140 valence electrons. The fourth-order valence-corrected chi connectivity index (χ4v) is 3.01. The molecule has 0 aliphatic heterocycles. The minimum Gasteiger partial charge on any atom is -0.343 e. The second-order valence-electron chi connectivity index (χ2n) is 6.45. The van der Waals surface area contributed by atoms with Crippen LogP contribution in [0.25, 0.3) is 0 Å². The number of hydrogen-bond acceptors (Lipinski definition) is 4. The van der Waals surface area contributed by atoms with Gasteiger partial charge in [0, 0.05) is 24.5 Å². The van der Waals surface area contributed by atoms with Gasteiger partial charge in [-0.05, 0) is 23.3 Å². The minimum absolute atomic E-state index is 0.129. The molecule has 2 aromatic heterocycles. The Morgan fingerprint density at radius 1 is 0.964 bits per heavy atom. The Hall–Kier alpha value is -3.74. The van der Waals surface area contributed by atoms with Gasteiger partial charge in [-0.25, -0.2) is 4.98 Å². The first-order valence-electron chi connectivity index (χ1n) is 9.02. The van der Waals surface area contributed by atoms with E-state index in [0.29, 0.717) is 12.1 Å². The second kappa shape index (κ2) is 8.30. The molecule has 0 saturated carbocycles. The van der Waals surface area contributed by atoms with Gasteiger partial charge in [-0.15, -0.1) is 0 Å². The van der Waals surface area contributed by atoms with Crippen molar-refractivity contribution in [2.75, 3.05) is 0 Å². The van der Waals surface area contributed by atoms with Crippen LogP contribution in [0.15, 0.2) is 85.7 Å². The molecule has 7 heteroatoms. The largest absolute Gasteiger partial charge is 0.343 e. The summed E-state index contributed by atoms with van der Waals surface area (Å²) in [7, 11) is 0. The summed E-state index contributed by atoms with van der Waals surface area (Å²) in [5, 5.41) is 11.4. The summed E-state index contributed by atoms with van der Waals surface area (Å²) in [6.07, 6.45) is 8.69. The van der Waals surface area contributed by atoms with Gasteiger partial charge in [0.2, 0.25) is 0 Å². The molecule has 2 aromatic carbocycles. The predicted molar refractivity (Wildman–Crippen MR) is 104 cm³/mol. The number of amides is 1. The standard InChI is InChI=1S/C21H20N6O/c28-21(19-8-6-17(7-9-19)14-26-13-12-22-16-26)25-20(15-27-23-10-11-24-27)18-4-2-1-3-5-18/h1-13,16,20H,14-15H2,(H,25,28)/t20-/m1/s1. The number of aromatic nitrogens is 5. The molecule has 7 nitrogen and oxygen atoms in total. The first-order chi connectivity index (χ1) is 13.8. The van der Waals surface area contributed by atoms with Crippen LogP contribution in [0.2, 0.25) is 0 Å². The molecule has 4 rings (SSSR count). The van der Waals surface area contributed by atoms with Crippen LogP contribution in [0.1, 0.15) is 27.5 Å². The number of rotatable bonds is 7. The number of benzene rings is 2. The Kier molecular flexibility index (Phi) is 5.24. The lowest BCUT2D eigenvalue weighted by molar-refractivity contribution is 0.0930. The third-order valence-corrected chi connectivity index (χ3v) is 4.46. The van der Waals surface area contributed by atoms with E-state index in [1.807, 2.05) is 65.4 Å². The van der Waals surface area contributed by atoms with Crippen molar-refractivity contribution >= 4 is 5.91 Å². The van der Waals surface area contributed by atoms with Crippen LogP contribution in [0.4, 0.5) is 0 Å². The van der Waals surface area contributed by atoms with E-state index in [-0.39, 0.29) is 11.9 Å². The molecule has 1 N–H and O–H groups in total. The first-order valence-corrected chi connectivity index (χ1v) is 9.02. The molecular weight excluding hydrogens is 352 g/mol. The van der Waals surface area contributed by atoms with Gasteiger partial charge in [-0.1, -0.05) is 42.5 Å². The van der Waals surface area contributed by atoms with E-state index in [1.165, 1.54) is 0 Å². The van der Waals surface area contributed by atoms with Crippen molar-refractivity contribution < 1.29 is 4.79 Å². The third-order valence-electron chi connectivity index (χ3n) is 4.46. The molecule has 2 heterocycles. The van der Waals surface area contributed by atoms with Crippen molar-refractivity contribution in [1.29, 1.82) is 0 Å². The highest BCUT2D eigenvalue weighted by molar-refractivity contribution is 5.94. The van der Waals surface area contributed by atoms with Gasteiger partial charge in [0.25, 0.3) is 5.91 Å². The lowest BCUT2D eigenvalue weighted by Crippen LogP contribution is -2.32. The van der Waals surface area contributed by atoms with Crippen LogP contribution in [0, 0.1) is 0 Å². The molecule has 4 aromatic rings. The fraction of sp³-hybridized carbons (Fsp3) is 0.143. The van der Waals surface area contributed by atoms with Crippen LogP contribution in [-0.2, 0) is 13.1 Å². The van der Waals surface area contributed by atoms with Crippen molar-refractivity contribution in [2.24, 2.45) is 0 Å². The Morgan fingerprint density at radius 2 is 1.71 bits per heavy atom.